The molecule has 1 aliphatic carbocycles. The van der Waals surface area contributed by atoms with Gasteiger partial charge in [0.05, 0.1) is 0 Å². The highest BCUT2D eigenvalue weighted by Crippen LogP contribution is 2.28. The molecular weight excluding hydrogens is 190 g/mol. The van der Waals surface area contributed by atoms with E-state index in [4.69, 9.17) is 10.8 Å². The van der Waals surface area contributed by atoms with Gasteiger partial charge in [0, 0.05) is 0 Å². The predicted octanol–water partition coefficient (Wildman–Crippen LogP) is 1.79. The molecule has 78 valence electrons. The molecule has 13 heavy (non-hydrogen) atoms. The number of hydrogen-bond donors (Lipinski definition) is 2. The predicted molar refractivity (Wildman–Crippen MR) is 54.1 cm³/mol. The van der Waals surface area contributed by atoms with Gasteiger partial charge in [0.1, 0.15) is 6.04 Å². The van der Waals surface area contributed by atoms with E-state index in [9.17, 15) is 4.79 Å². The van der Waals surface area contributed by atoms with Crippen LogP contribution in [0.15, 0.2) is 0 Å². The average molecular weight is 208 g/mol. The lowest BCUT2D eigenvalue weighted by Crippen LogP contribution is -2.30. The van der Waals surface area contributed by atoms with E-state index in [2.05, 4.69) is 0 Å². The maximum Gasteiger partial charge on any atom is 0.320 e. The fourth-order valence-electron chi connectivity index (χ4n) is 1.84. The molecule has 4 heteroatoms. The molecule has 3 nitrogen and oxygen atoms in total. The Hall–Kier alpha value is -0.280. The smallest absolute Gasteiger partial charge is 0.320 e. The fourth-order valence-corrected chi connectivity index (χ4v) is 1.84. The van der Waals surface area contributed by atoms with E-state index in [0.29, 0.717) is 6.42 Å². The Labute approximate surface area is 85.1 Å². The second-order valence-corrected chi connectivity index (χ2v) is 3.67. The number of nitrogens with two attached hydrogens (primary N) is 1. The molecular formula is C9H18ClNO2. The molecule has 0 radical (unpaired) electrons. The third-order valence-electron chi connectivity index (χ3n) is 2.68. The van der Waals surface area contributed by atoms with Crippen LogP contribution in [0.1, 0.15) is 38.5 Å². The molecule has 0 saturated heterocycles. The van der Waals surface area contributed by atoms with E-state index < -0.39 is 12.0 Å². The van der Waals surface area contributed by atoms with E-state index in [-0.39, 0.29) is 12.4 Å². The van der Waals surface area contributed by atoms with Crippen molar-refractivity contribution in [2.24, 2.45) is 11.7 Å². The lowest BCUT2D eigenvalue weighted by molar-refractivity contribution is -0.138. The van der Waals surface area contributed by atoms with Crippen molar-refractivity contribution in [2.75, 3.05) is 0 Å². The summed E-state index contributed by atoms with van der Waals surface area (Å²) in [5.74, 6) is -0.122. The van der Waals surface area contributed by atoms with Crippen LogP contribution in [0.2, 0.25) is 0 Å². The van der Waals surface area contributed by atoms with Crippen molar-refractivity contribution in [1.29, 1.82) is 0 Å². The van der Waals surface area contributed by atoms with E-state index in [0.717, 1.165) is 12.3 Å². The van der Waals surface area contributed by atoms with Gasteiger partial charge in [0.15, 0.2) is 0 Å². The summed E-state index contributed by atoms with van der Waals surface area (Å²) in [7, 11) is 0. The lowest BCUT2D eigenvalue weighted by atomic mass is 9.99. The maximum absolute atomic E-state index is 10.4. The zero-order valence-electron chi connectivity index (χ0n) is 7.74. The third-order valence-corrected chi connectivity index (χ3v) is 2.68. The standard InChI is InChI=1S/C9H17NO2.ClH/c10-8(9(11)12)6-5-7-3-1-2-4-7;/h7-8H,1-6,10H2,(H,11,12);1H. The Balaban J connectivity index is 0.00000144. The van der Waals surface area contributed by atoms with E-state index in [1.165, 1.54) is 25.7 Å². The summed E-state index contributed by atoms with van der Waals surface area (Å²) < 4.78 is 0. The molecule has 0 aromatic carbocycles. The molecule has 1 unspecified atom stereocenters. The molecule has 1 fully saturated rings. The molecule has 0 aromatic heterocycles. The van der Waals surface area contributed by atoms with Crippen molar-refractivity contribution in [2.45, 2.75) is 44.6 Å². The normalized spacial score (nSPS) is 19.5. The number of carbonyl (C=O) groups is 1. The minimum absolute atomic E-state index is 0. The van der Waals surface area contributed by atoms with Gasteiger partial charge < -0.3 is 10.8 Å². The summed E-state index contributed by atoms with van der Waals surface area (Å²) in [4.78, 5) is 10.4. The average Bonchev–Trinajstić information content (AvgIpc) is 2.51. The maximum atomic E-state index is 10.4. The molecule has 1 atom stereocenters. The van der Waals surface area contributed by atoms with Gasteiger partial charge in [0.2, 0.25) is 0 Å². The highest BCUT2D eigenvalue weighted by molar-refractivity contribution is 5.85. The van der Waals surface area contributed by atoms with Crippen molar-refractivity contribution >= 4 is 18.4 Å². The summed E-state index contributed by atoms with van der Waals surface area (Å²) in [5.41, 5.74) is 5.40. The van der Waals surface area contributed by atoms with Gasteiger partial charge in [-0.2, -0.15) is 0 Å². The third kappa shape index (κ3) is 4.48. The SMILES string of the molecule is Cl.NC(CCC1CCCC1)C(=O)O. The molecule has 0 spiro atoms. The van der Waals surface area contributed by atoms with Gasteiger partial charge in [-0.15, -0.1) is 12.4 Å². The van der Waals surface area contributed by atoms with E-state index >= 15 is 0 Å². The quantitative estimate of drug-likeness (QED) is 0.739. The molecule has 0 amide bonds. The number of hydrogen-bond acceptors (Lipinski definition) is 2. The highest BCUT2D eigenvalue weighted by Gasteiger charge is 2.18. The molecule has 0 aromatic rings. The van der Waals surface area contributed by atoms with Crippen LogP contribution >= 0.6 is 12.4 Å². The second-order valence-electron chi connectivity index (χ2n) is 3.67. The summed E-state index contributed by atoms with van der Waals surface area (Å²) in [6.45, 7) is 0. The van der Waals surface area contributed by atoms with Gasteiger partial charge in [-0.1, -0.05) is 25.7 Å². The topological polar surface area (TPSA) is 63.3 Å². The van der Waals surface area contributed by atoms with E-state index in [1.54, 1.807) is 0 Å². The Bertz CT molecular complexity index is 158. The summed E-state index contributed by atoms with van der Waals surface area (Å²) >= 11 is 0. The molecule has 3 N–H and O–H groups in total. The van der Waals surface area contributed by atoms with Crippen LogP contribution in [0, 0.1) is 5.92 Å². The fraction of sp³-hybridized carbons (Fsp3) is 0.889. The Kier molecular flexibility index (Phi) is 6.08. The minimum atomic E-state index is -0.868. The molecule has 1 rings (SSSR count). The number of aliphatic carboxylic acids is 1. The summed E-state index contributed by atoms with van der Waals surface area (Å²) in [5, 5.41) is 8.53. The zero-order chi connectivity index (χ0) is 8.97. The zero-order valence-corrected chi connectivity index (χ0v) is 8.55. The Morgan fingerprint density at radius 3 is 2.46 bits per heavy atom. The summed E-state index contributed by atoms with van der Waals surface area (Å²) in [6, 6.07) is -0.648. The Morgan fingerprint density at radius 2 is 2.00 bits per heavy atom. The number of carboxylic acid groups (broad SMARTS) is 1. The molecule has 1 saturated carbocycles. The van der Waals surface area contributed by atoms with Gasteiger partial charge in [0.25, 0.3) is 0 Å². The second kappa shape index (κ2) is 6.22. The van der Waals surface area contributed by atoms with Crippen molar-refractivity contribution in [1.82, 2.24) is 0 Å². The van der Waals surface area contributed by atoms with Crippen LogP contribution < -0.4 is 5.73 Å². The summed E-state index contributed by atoms with van der Waals surface area (Å²) in [6.07, 6.45) is 6.80. The van der Waals surface area contributed by atoms with Gasteiger partial charge >= 0.3 is 5.97 Å². The number of carboxylic acids is 1. The molecule has 0 aliphatic heterocycles. The van der Waals surface area contributed by atoms with Crippen LogP contribution in [0.4, 0.5) is 0 Å². The molecule has 0 heterocycles. The largest absolute Gasteiger partial charge is 0.480 e. The van der Waals surface area contributed by atoms with Crippen LogP contribution in [0.25, 0.3) is 0 Å². The van der Waals surface area contributed by atoms with Crippen LogP contribution in [0.5, 0.6) is 0 Å². The van der Waals surface area contributed by atoms with Gasteiger partial charge in [-0.3, -0.25) is 4.79 Å². The highest BCUT2D eigenvalue weighted by atomic mass is 35.5. The van der Waals surface area contributed by atoms with Gasteiger partial charge in [-0.05, 0) is 18.8 Å². The first-order chi connectivity index (χ1) is 5.70. The molecule has 0 bridgehead atoms. The van der Waals surface area contributed by atoms with Crippen LogP contribution in [-0.4, -0.2) is 17.1 Å². The van der Waals surface area contributed by atoms with Crippen molar-refractivity contribution < 1.29 is 9.90 Å². The monoisotopic (exact) mass is 207 g/mol. The van der Waals surface area contributed by atoms with Crippen LogP contribution in [0.3, 0.4) is 0 Å². The Morgan fingerprint density at radius 1 is 1.46 bits per heavy atom. The number of rotatable bonds is 4. The first-order valence-corrected chi connectivity index (χ1v) is 4.68. The number of halogens is 1. The van der Waals surface area contributed by atoms with Crippen molar-refractivity contribution in [3.05, 3.63) is 0 Å². The minimum Gasteiger partial charge on any atom is -0.480 e. The first kappa shape index (κ1) is 12.7. The lowest BCUT2D eigenvalue weighted by Gasteiger charge is -2.10. The van der Waals surface area contributed by atoms with Crippen molar-refractivity contribution in [3.63, 3.8) is 0 Å². The van der Waals surface area contributed by atoms with E-state index in [1.807, 2.05) is 0 Å². The van der Waals surface area contributed by atoms with Crippen LogP contribution in [-0.2, 0) is 4.79 Å². The van der Waals surface area contributed by atoms with Gasteiger partial charge in [-0.25, -0.2) is 0 Å². The first-order valence-electron chi connectivity index (χ1n) is 4.68. The molecule has 1 aliphatic rings. The van der Waals surface area contributed by atoms with Crippen molar-refractivity contribution in [3.8, 4) is 0 Å².